The molecule has 0 aliphatic heterocycles. The van der Waals surface area contributed by atoms with E-state index in [0.29, 0.717) is 0 Å². The summed E-state index contributed by atoms with van der Waals surface area (Å²) in [7, 11) is 0. The van der Waals surface area contributed by atoms with Gasteiger partial charge in [-0.1, -0.05) is 270 Å². The summed E-state index contributed by atoms with van der Waals surface area (Å²) in [4.78, 5) is 16.0. The first-order chi connectivity index (χ1) is 30.4. The number of rotatable bonds is 8. The Morgan fingerprint density at radius 2 is 0.333 bits per heavy atom. The molecule has 0 aromatic heterocycles. The summed E-state index contributed by atoms with van der Waals surface area (Å²) < 4.78 is 0. The molecule has 0 spiro atoms. The Morgan fingerprint density at radius 1 is 0.227 bits per heavy atom. The van der Waals surface area contributed by atoms with Gasteiger partial charge >= 0.3 is 6.03 Å². The lowest BCUT2D eigenvalue weighted by Gasteiger charge is -2.41. The molecule has 348 valence electrons. The summed E-state index contributed by atoms with van der Waals surface area (Å²) in [6.45, 7) is 40.4. The van der Waals surface area contributed by atoms with E-state index in [-0.39, 0.29) is 38.5 Å². The molecule has 0 unspecified atom stereocenters. The van der Waals surface area contributed by atoms with Crippen LogP contribution < -0.4 is 10.6 Å². The lowest BCUT2D eigenvalue weighted by Crippen LogP contribution is -2.57. The summed E-state index contributed by atoms with van der Waals surface area (Å²) >= 11 is 0. The topological polar surface area (TPSA) is 41.1 Å². The van der Waals surface area contributed by atoms with Gasteiger partial charge in [0, 0.05) is 0 Å². The molecule has 0 heterocycles. The zero-order chi connectivity index (χ0) is 48.9. The van der Waals surface area contributed by atoms with Crippen LogP contribution in [0.2, 0.25) is 0 Å². The molecule has 0 saturated heterocycles. The summed E-state index contributed by atoms with van der Waals surface area (Å²) in [5.74, 6) is 0. The van der Waals surface area contributed by atoms with E-state index >= 15 is 4.79 Å². The van der Waals surface area contributed by atoms with E-state index in [1.54, 1.807) is 0 Å². The third kappa shape index (κ3) is 10.4. The maximum atomic E-state index is 16.0. The maximum Gasteiger partial charge on any atom is 0.317 e. The molecule has 0 atom stereocenters. The van der Waals surface area contributed by atoms with Crippen LogP contribution in [0.1, 0.15) is 191 Å². The molecule has 3 nitrogen and oxygen atoms in total. The van der Waals surface area contributed by atoms with Crippen molar-refractivity contribution in [1.82, 2.24) is 10.6 Å². The van der Waals surface area contributed by atoms with E-state index in [9.17, 15) is 0 Å². The number of hydrogen-bond donors (Lipinski definition) is 2. The number of carbonyl (C=O) groups excluding carboxylic acids is 1. The molecule has 0 aliphatic rings. The fourth-order valence-corrected chi connectivity index (χ4v) is 9.13. The van der Waals surface area contributed by atoms with E-state index in [0.717, 1.165) is 33.4 Å². The molecule has 2 amide bonds. The minimum Gasteiger partial charge on any atom is -0.320 e. The van der Waals surface area contributed by atoms with Gasteiger partial charge in [0.2, 0.25) is 0 Å². The molecule has 3 heteroatoms. The van der Waals surface area contributed by atoms with Gasteiger partial charge in [-0.25, -0.2) is 4.79 Å². The highest BCUT2D eigenvalue weighted by molar-refractivity contribution is 5.80. The monoisotopic (exact) mass is 881 g/mol. The van der Waals surface area contributed by atoms with E-state index in [1.165, 1.54) is 33.4 Å². The quantitative estimate of drug-likeness (QED) is 0.147. The van der Waals surface area contributed by atoms with Gasteiger partial charge in [-0.15, -0.1) is 0 Å². The number of nitrogens with one attached hydrogen (secondary N) is 2. The summed E-state index contributed by atoms with van der Waals surface area (Å²) in [5.41, 5.74) is 10.7. The number of amides is 2. The molecule has 6 rings (SSSR count). The van der Waals surface area contributed by atoms with Crippen LogP contribution in [-0.2, 0) is 43.6 Å². The Hall–Kier alpha value is -5.41. The summed E-state index contributed by atoms with van der Waals surface area (Å²) in [6, 6.07) is 53.0. The smallest absolute Gasteiger partial charge is 0.317 e. The van der Waals surface area contributed by atoms with Crippen LogP contribution in [0.3, 0.4) is 0 Å². The second-order valence-corrected chi connectivity index (χ2v) is 25.0. The highest BCUT2D eigenvalue weighted by Gasteiger charge is 2.44. The fourth-order valence-electron chi connectivity index (χ4n) is 9.13. The Labute approximate surface area is 400 Å². The minimum atomic E-state index is -1.10. The van der Waals surface area contributed by atoms with E-state index < -0.39 is 11.1 Å². The molecule has 0 bridgehead atoms. The van der Waals surface area contributed by atoms with Crippen molar-refractivity contribution in [2.24, 2.45) is 0 Å². The van der Waals surface area contributed by atoms with Crippen LogP contribution in [0.15, 0.2) is 146 Å². The molecule has 66 heavy (non-hydrogen) atoms. The second-order valence-electron chi connectivity index (χ2n) is 25.0. The SMILES string of the molecule is CC(C)(C)c1ccc(C(NC(=O)NC(c2ccc(C(C)(C)C)cc2)(c2ccc(C(C)(C)C)cc2)c2ccc(C(C)(C)C)cc2)(c2ccc(C(C)(C)C)cc2)c2ccc(C(C)(C)C)cc2)cc1. The number of carbonyl (C=O) groups is 1. The molecule has 0 saturated carbocycles. The molecule has 0 fully saturated rings. The maximum absolute atomic E-state index is 16.0. The lowest BCUT2D eigenvalue weighted by atomic mass is 9.73. The normalized spacial score (nSPS) is 13.4. The van der Waals surface area contributed by atoms with Crippen LogP contribution >= 0.6 is 0 Å². The third-order valence-electron chi connectivity index (χ3n) is 13.7. The van der Waals surface area contributed by atoms with Gasteiger partial charge in [0.1, 0.15) is 11.1 Å². The number of benzene rings is 6. The summed E-state index contributed by atoms with van der Waals surface area (Å²) in [5, 5.41) is 7.55. The van der Waals surface area contributed by atoms with E-state index in [4.69, 9.17) is 0 Å². The molecular formula is C63H80N2O. The van der Waals surface area contributed by atoms with Crippen LogP contribution in [0, 0.1) is 0 Å². The molecule has 2 N–H and O–H groups in total. The van der Waals surface area contributed by atoms with Crippen LogP contribution in [0.5, 0.6) is 0 Å². The van der Waals surface area contributed by atoms with Gasteiger partial charge in [-0.2, -0.15) is 0 Å². The van der Waals surface area contributed by atoms with Gasteiger partial charge in [0.15, 0.2) is 0 Å². The summed E-state index contributed by atoms with van der Waals surface area (Å²) in [6.07, 6.45) is 0. The molecule has 6 aromatic rings. The second kappa shape index (κ2) is 17.7. The van der Waals surface area contributed by atoms with Gasteiger partial charge in [-0.3, -0.25) is 0 Å². The largest absolute Gasteiger partial charge is 0.320 e. The van der Waals surface area contributed by atoms with E-state index in [2.05, 4.69) is 281 Å². The predicted molar refractivity (Wildman–Crippen MR) is 282 cm³/mol. The van der Waals surface area contributed by atoms with Gasteiger partial charge in [-0.05, 0) is 99.3 Å². The lowest BCUT2D eigenvalue weighted by molar-refractivity contribution is 0.227. The van der Waals surface area contributed by atoms with Crippen LogP contribution in [0.4, 0.5) is 4.79 Å². The van der Waals surface area contributed by atoms with Crippen molar-refractivity contribution in [1.29, 1.82) is 0 Å². The van der Waals surface area contributed by atoms with Crippen molar-refractivity contribution in [2.75, 3.05) is 0 Å². The highest BCUT2D eigenvalue weighted by atomic mass is 16.2. The van der Waals surface area contributed by atoms with Crippen molar-refractivity contribution in [3.8, 4) is 0 Å². The number of urea groups is 1. The van der Waals surface area contributed by atoms with Gasteiger partial charge in [0.05, 0.1) is 0 Å². The Balaban J connectivity index is 1.67. The standard InChI is InChI=1S/C63H80N2O/c1-56(2,3)43-19-31-49(32-20-43)62(50-33-21-44(22-34-50)57(4,5)6,51-35-23-45(24-36-51)58(7,8)9)64-55(66)65-63(52-37-25-46(26-38-52)59(10,11)12,53-39-27-47(28-40-53)60(13,14)15)54-41-29-48(30-42-54)61(16,17)18/h19-42H,1-18H3,(H2,64,65,66). The Kier molecular flexibility index (Phi) is 13.4. The van der Waals surface area contributed by atoms with Crippen molar-refractivity contribution in [3.63, 3.8) is 0 Å². The first kappa shape index (κ1) is 50.0. The molecule has 6 aromatic carbocycles. The first-order valence-corrected chi connectivity index (χ1v) is 24.1. The van der Waals surface area contributed by atoms with Crippen molar-refractivity contribution in [3.05, 3.63) is 212 Å². The van der Waals surface area contributed by atoms with Crippen molar-refractivity contribution >= 4 is 6.03 Å². The molecule has 0 aliphatic carbocycles. The van der Waals surface area contributed by atoms with Crippen LogP contribution in [0.25, 0.3) is 0 Å². The third-order valence-corrected chi connectivity index (χ3v) is 13.7. The van der Waals surface area contributed by atoms with Gasteiger partial charge in [0.25, 0.3) is 0 Å². The average molecular weight is 881 g/mol. The average Bonchev–Trinajstić information content (AvgIpc) is 3.23. The molecule has 0 radical (unpaired) electrons. The van der Waals surface area contributed by atoms with E-state index in [1.807, 2.05) is 0 Å². The minimum absolute atomic E-state index is 0.0536. The zero-order valence-electron chi connectivity index (χ0n) is 43.8. The Bertz CT molecular complexity index is 2110. The fraction of sp³-hybridized carbons (Fsp3) is 0.413. The van der Waals surface area contributed by atoms with Crippen LogP contribution in [-0.4, -0.2) is 6.03 Å². The Morgan fingerprint density at radius 3 is 0.439 bits per heavy atom. The number of hydrogen-bond acceptors (Lipinski definition) is 1. The van der Waals surface area contributed by atoms with Crippen molar-refractivity contribution in [2.45, 2.75) is 168 Å². The van der Waals surface area contributed by atoms with Gasteiger partial charge < -0.3 is 10.6 Å². The zero-order valence-corrected chi connectivity index (χ0v) is 43.8. The highest BCUT2D eigenvalue weighted by Crippen LogP contribution is 2.43. The first-order valence-electron chi connectivity index (χ1n) is 24.1. The predicted octanol–water partition coefficient (Wildman–Crippen LogP) is 16.1. The van der Waals surface area contributed by atoms with Crippen molar-refractivity contribution < 1.29 is 4.79 Å². The molecular weight excluding hydrogens is 801 g/mol.